The van der Waals surface area contributed by atoms with Gasteiger partial charge in [0.1, 0.15) is 11.0 Å². The molecule has 100 valence electrons. The Morgan fingerprint density at radius 3 is 2.74 bits per heavy atom. The third-order valence-corrected chi connectivity index (χ3v) is 3.64. The lowest BCUT2D eigenvalue weighted by atomic mass is 10.2. The number of imide groups is 1. The number of benzene rings is 1. The van der Waals surface area contributed by atoms with Crippen molar-refractivity contribution in [3.05, 3.63) is 24.3 Å². The number of nitrogens with zero attached hydrogens (tertiary/aromatic N) is 1. The summed E-state index contributed by atoms with van der Waals surface area (Å²) in [5.41, 5.74) is 0.334. The molecule has 1 aliphatic heterocycles. The fraction of sp³-hybridized carbons (Fsp3) is 0.250. The highest BCUT2D eigenvalue weighted by Gasteiger charge is 2.42. The SMILES string of the molecule is COc1ccccc1N1C(=O)S[C@@H](CC(=O)O)C1=O. The Balaban J connectivity index is 2.32. The lowest BCUT2D eigenvalue weighted by Crippen LogP contribution is -2.32. The van der Waals surface area contributed by atoms with Crippen LogP contribution < -0.4 is 9.64 Å². The largest absolute Gasteiger partial charge is 0.495 e. The molecule has 1 saturated heterocycles. The van der Waals surface area contributed by atoms with E-state index in [9.17, 15) is 14.4 Å². The average molecular weight is 281 g/mol. The van der Waals surface area contributed by atoms with Crippen LogP contribution in [0.5, 0.6) is 5.75 Å². The van der Waals surface area contributed by atoms with Gasteiger partial charge in [0, 0.05) is 0 Å². The van der Waals surface area contributed by atoms with Crippen LogP contribution in [-0.4, -0.2) is 34.6 Å². The van der Waals surface area contributed by atoms with Crippen LogP contribution in [0.1, 0.15) is 6.42 Å². The topological polar surface area (TPSA) is 83.9 Å². The zero-order valence-corrected chi connectivity index (χ0v) is 10.8. The molecule has 0 spiro atoms. The number of methoxy groups -OCH3 is 1. The molecule has 1 N–H and O–H groups in total. The first-order valence-corrected chi connectivity index (χ1v) is 6.32. The molecule has 0 aliphatic carbocycles. The van der Waals surface area contributed by atoms with Gasteiger partial charge in [0.15, 0.2) is 0 Å². The van der Waals surface area contributed by atoms with E-state index in [4.69, 9.17) is 9.84 Å². The summed E-state index contributed by atoms with van der Waals surface area (Å²) in [5, 5.41) is 7.35. The van der Waals surface area contributed by atoms with Gasteiger partial charge < -0.3 is 9.84 Å². The highest BCUT2D eigenvalue weighted by molar-refractivity contribution is 8.15. The first-order chi connectivity index (χ1) is 9.04. The van der Waals surface area contributed by atoms with Crippen molar-refractivity contribution < 1.29 is 24.2 Å². The van der Waals surface area contributed by atoms with Crippen LogP contribution in [0, 0.1) is 0 Å². The van der Waals surface area contributed by atoms with Gasteiger partial charge in [-0.3, -0.25) is 14.4 Å². The number of carbonyl (C=O) groups excluding carboxylic acids is 2. The van der Waals surface area contributed by atoms with Gasteiger partial charge in [0.2, 0.25) is 5.91 Å². The molecule has 0 aromatic heterocycles. The van der Waals surface area contributed by atoms with Crippen LogP contribution in [0.25, 0.3) is 0 Å². The number of aliphatic carboxylic acids is 1. The molecule has 2 rings (SSSR count). The molecule has 1 aromatic rings. The lowest BCUT2D eigenvalue weighted by molar-refractivity contribution is -0.138. The molecule has 1 heterocycles. The molecule has 0 radical (unpaired) electrons. The summed E-state index contributed by atoms with van der Waals surface area (Å²) in [6.45, 7) is 0. The van der Waals surface area contributed by atoms with Gasteiger partial charge in [-0.05, 0) is 23.9 Å². The van der Waals surface area contributed by atoms with Gasteiger partial charge in [0.25, 0.3) is 5.24 Å². The van der Waals surface area contributed by atoms with Crippen molar-refractivity contribution in [1.82, 2.24) is 0 Å². The maximum absolute atomic E-state index is 12.1. The normalized spacial score (nSPS) is 18.8. The fourth-order valence-corrected chi connectivity index (χ4v) is 2.75. The summed E-state index contributed by atoms with van der Waals surface area (Å²) in [4.78, 5) is 35.6. The monoisotopic (exact) mass is 281 g/mol. The molecule has 1 aliphatic rings. The second-order valence-corrected chi connectivity index (χ2v) is 4.97. The molecule has 0 unspecified atom stereocenters. The van der Waals surface area contributed by atoms with Gasteiger partial charge in [-0.15, -0.1) is 0 Å². The summed E-state index contributed by atoms with van der Waals surface area (Å²) in [6, 6.07) is 6.60. The van der Waals surface area contributed by atoms with Gasteiger partial charge in [-0.1, -0.05) is 12.1 Å². The van der Waals surface area contributed by atoms with Gasteiger partial charge in [-0.25, -0.2) is 4.90 Å². The molecular formula is C12H11NO5S. The number of para-hydroxylation sites is 2. The maximum Gasteiger partial charge on any atom is 0.305 e. The van der Waals surface area contributed by atoms with E-state index in [1.807, 2.05) is 0 Å². The highest BCUT2D eigenvalue weighted by Crippen LogP contribution is 2.37. The molecule has 1 atom stereocenters. The minimum absolute atomic E-state index is 0.334. The van der Waals surface area contributed by atoms with Crippen molar-refractivity contribution in [3.63, 3.8) is 0 Å². The summed E-state index contributed by atoms with van der Waals surface area (Å²) < 4.78 is 5.10. The van der Waals surface area contributed by atoms with Gasteiger partial charge in [-0.2, -0.15) is 0 Å². The number of carbonyl (C=O) groups is 3. The standard InChI is InChI=1S/C12H11NO5S/c1-18-8-5-3-2-4-7(8)13-11(16)9(6-10(14)15)19-12(13)17/h2-5,9H,6H2,1H3,(H,14,15)/t9-/m0/s1. The number of carboxylic acid groups (broad SMARTS) is 1. The summed E-state index contributed by atoms with van der Waals surface area (Å²) >= 11 is 0.725. The number of carboxylic acids is 1. The Hall–Kier alpha value is -2.02. The minimum Gasteiger partial charge on any atom is -0.495 e. The van der Waals surface area contributed by atoms with Crippen molar-refractivity contribution in [2.45, 2.75) is 11.7 Å². The predicted octanol–water partition coefficient (Wildman–Crippen LogP) is 1.74. The van der Waals surface area contributed by atoms with E-state index in [1.165, 1.54) is 7.11 Å². The van der Waals surface area contributed by atoms with Crippen LogP contribution >= 0.6 is 11.8 Å². The molecule has 7 heteroatoms. The third kappa shape index (κ3) is 2.55. The molecule has 0 saturated carbocycles. The zero-order valence-electron chi connectivity index (χ0n) is 10.0. The zero-order chi connectivity index (χ0) is 14.0. The average Bonchev–Trinajstić information content (AvgIpc) is 2.64. The number of anilines is 1. The van der Waals surface area contributed by atoms with E-state index in [-0.39, 0.29) is 6.42 Å². The number of rotatable bonds is 4. The number of hydrogen-bond donors (Lipinski definition) is 1. The molecule has 1 aromatic carbocycles. The second kappa shape index (κ2) is 5.31. The van der Waals surface area contributed by atoms with E-state index in [0.717, 1.165) is 16.7 Å². The fourth-order valence-electron chi connectivity index (χ4n) is 1.78. The number of thioether (sulfide) groups is 1. The minimum atomic E-state index is -1.11. The van der Waals surface area contributed by atoms with Crippen LogP contribution in [0.3, 0.4) is 0 Å². The van der Waals surface area contributed by atoms with E-state index < -0.39 is 22.4 Å². The van der Waals surface area contributed by atoms with Crippen LogP contribution in [0.15, 0.2) is 24.3 Å². The quantitative estimate of drug-likeness (QED) is 0.905. The van der Waals surface area contributed by atoms with Crippen molar-refractivity contribution in [1.29, 1.82) is 0 Å². The summed E-state index contributed by atoms with van der Waals surface area (Å²) in [5.74, 6) is -1.25. The lowest BCUT2D eigenvalue weighted by Gasteiger charge is -2.16. The Kier molecular flexibility index (Phi) is 3.75. The van der Waals surface area contributed by atoms with Crippen molar-refractivity contribution >= 4 is 34.6 Å². The van der Waals surface area contributed by atoms with E-state index in [0.29, 0.717) is 11.4 Å². The van der Waals surface area contributed by atoms with Crippen LogP contribution in [0.2, 0.25) is 0 Å². The van der Waals surface area contributed by atoms with E-state index in [2.05, 4.69) is 0 Å². The van der Waals surface area contributed by atoms with Crippen LogP contribution in [-0.2, 0) is 9.59 Å². The molecule has 1 fully saturated rings. The first kappa shape index (κ1) is 13.4. The molecule has 19 heavy (non-hydrogen) atoms. The highest BCUT2D eigenvalue weighted by atomic mass is 32.2. The number of hydrogen-bond acceptors (Lipinski definition) is 5. The second-order valence-electron chi connectivity index (χ2n) is 3.82. The number of amides is 2. The van der Waals surface area contributed by atoms with Gasteiger partial charge in [0.05, 0.1) is 19.2 Å². The molecule has 6 nitrogen and oxygen atoms in total. The molecule has 0 bridgehead atoms. The summed E-state index contributed by atoms with van der Waals surface area (Å²) in [7, 11) is 1.44. The molecule has 2 amide bonds. The Morgan fingerprint density at radius 2 is 2.11 bits per heavy atom. The van der Waals surface area contributed by atoms with Gasteiger partial charge >= 0.3 is 5.97 Å². The van der Waals surface area contributed by atoms with E-state index >= 15 is 0 Å². The summed E-state index contributed by atoms with van der Waals surface area (Å²) in [6.07, 6.45) is -0.374. The maximum atomic E-state index is 12.1. The smallest absolute Gasteiger partial charge is 0.305 e. The van der Waals surface area contributed by atoms with Crippen molar-refractivity contribution in [3.8, 4) is 5.75 Å². The third-order valence-electron chi connectivity index (χ3n) is 2.61. The molecular weight excluding hydrogens is 270 g/mol. The predicted molar refractivity (Wildman–Crippen MR) is 69.5 cm³/mol. The van der Waals surface area contributed by atoms with E-state index in [1.54, 1.807) is 24.3 Å². The Morgan fingerprint density at radius 1 is 1.42 bits per heavy atom. The van der Waals surface area contributed by atoms with Crippen molar-refractivity contribution in [2.24, 2.45) is 0 Å². The Labute approximate surface area is 113 Å². The number of ether oxygens (including phenoxy) is 1. The Bertz CT molecular complexity index is 545. The van der Waals surface area contributed by atoms with Crippen molar-refractivity contribution in [2.75, 3.05) is 12.0 Å². The van der Waals surface area contributed by atoms with Crippen LogP contribution in [0.4, 0.5) is 10.5 Å². The first-order valence-electron chi connectivity index (χ1n) is 5.44.